The Labute approximate surface area is 101 Å². The average molecular weight is 237 g/mol. The Balaban J connectivity index is 2.24. The normalized spacial score (nSPS) is 25.0. The predicted octanol–water partition coefficient (Wildman–Crippen LogP) is 0.126. The third-order valence-corrected chi connectivity index (χ3v) is 3.07. The van der Waals surface area contributed by atoms with Crippen LogP contribution in [0.1, 0.15) is 12.5 Å². The van der Waals surface area contributed by atoms with Crippen LogP contribution >= 0.6 is 0 Å². The van der Waals surface area contributed by atoms with Crippen LogP contribution in [0.3, 0.4) is 0 Å². The van der Waals surface area contributed by atoms with Gasteiger partial charge in [0.25, 0.3) is 0 Å². The summed E-state index contributed by atoms with van der Waals surface area (Å²) in [5, 5.41) is 9.17. The van der Waals surface area contributed by atoms with Crippen LogP contribution in [0.25, 0.3) is 0 Å². The maximum atomic E-state index is 9.17. The second-order valence-electron chi connectivity index (χ2n) is 4.33. The van der Waals surface area contributed by atoms with Gasteiger partial charge in [0.05, 0.1) is 25.4 Å². The third kappa shape index (κ3) is 2.57. The SMILES string of the molecule is CC1COC(CO)CN1c1ncccc1CN. The predicted molar refractivity (Wildman–Crippen MR) is 65.8 cm³/mol. The Morgan fingerprint density at radius 1 is 1.65 bits per heavy atom. The zero-order chi connectivity index (χ0) is 12.3. The molecular weight excluding hydrogens is 218 g/mol. The van der Waals surface area contributed by atoms with Crippen LogP contribution in [0.2, 0.25) is 0 Å². The van der Waals surface area contributed by atoms with E-state index in [1.165, 1.54) is 0 Å². The fourth-order valence-corrected chi connectivity index (χ4v) is 2.07. The van der Waals surface area contributed by atoms with Gasteiger partial charge in [-0.3, -0.25) is 0 Å². The Bertz CT molecular complexity index is 373. The number of rotatable bonds is 3. The number of nitrogens with zero attached hydrogens (tertiary/aromatic N) is 2. The number of aromatic nitrogens is 1. The number of hydrogen-bond donors (Lipinski definition) is 2. The molecule has 1 aliphatic rings. The minimum Gasteiger partial charge on any atom is -0.394 e. The smallest absolute Gasteiger partial charge is 0.133 e. The monoisotopic (exact) mass is 237 g/mol. The number of anilines is 1. The maximum absolute atomic E-state index is 9.17. The van der Waals surface area contributed by atoms with Gasteiger partial charge < -0.3 is 20.5 Å². The highest BCUT2D eigenvalue weighted by Crippen LogP contribution is 2.22. The fraction of sp³-hybridized carbons (Fsp3) is 0.583. The molecule has 1 aliphatic heterocycles. The van der Waals surface area contributed by atoms with E-state index in [2.05, 4.69) is 16.8 Å². The number of hydrogen-bond acceptors (Lipinski definition) is 5. The lowest BCUT2D eigenvalue weighted by Gasteiger charge is -2.39. The lowest BCUT2D eigenvalue weighted by Crippen LogP contribution is -2.50. The van der Waals surface area contributed by atoms with Crippen molar-refractivity contribution in [3.05, 3.63) is 23.9 Å². The van der Waals surface area contributed by atoms with Crippen molar-refractivity contribution < 1.29 is 9.84 Å². The summed E-state index contributed by atoms with van der Waals surface area (Å²) in [6.45, 7) is 3.85. The van der Waals surface area contributed by atoms with Gasteiger partial charge in [-0.2, -0.15) is 0 Å². The van der Waals surface area contributed by atoms with E-state index < -0.39 is 0 Å². The minimum absolute atomic E-state index is 0.0357. The molecule has 1 aromatic heterocycles. The van der Waals surface area contributed by atoms with E-state index in [0.29, 0.717) is 19.7 Å². The third-order valence-electron chi connectivity index (χ3n) is 3.07. The molecule has 5 heteroatoms. The first-order valence-electron chi connectivity index (χ1n) is 5.89. The molecule has 2 atom stereocenters. The van der Waals surface area contributed by atoms with Crippen LogP contribution < -0.4 is 10.6 Å². The van der Waals surface area contributed by atoms with Gasteiger partial charge in [0.1, 0.15) is 5.82 Å². The van der Waals surface area contributed by atoms with E-state index in [1.807, 2.05) is 12.1 Å². The van der Waals surface area contributed by atoms with Crippen molar-refractivity contribution in [3.8, 4) is 0 Å². The zero-order valence-electron chi connectivity index (χ0n) is 10.0. The van der Waals surface area contributed by atoms with E-state index in [1.54, 1.807) is 6.20 Å². The number of morpholine rings is 1. The molecule has 2 heterocycles. The minimum atomic E-state index is -0.140. The second-order valence-corrected chi connectivity index (χ2v) is 4.33. The molecule has 0 saturated carbocycles. The molecule has 1 fully saturated rings. The summed E-state index contributed by atoms with van der Waals surface area (Å²) in [6, 6.07) is 4.12. The Hall–Kier alpha value is -1.17. The molecule has 0 bridgehead atoms. The summed E-state index contributed by atoms with van der Waals surface area (Å²) in [6.07, 6.45) is 1.63. The van der Waals surface area contributed by atoms with Gasteiger partial charge >= 0.3 is 0 Å². The van der Waals surface area contributed by atoms with Crippen LogP contribution in [0.4, 0.5) is 5.82 Å². The van der Waals surface area contributed by atoms with Gasteiger partial charge in [0.15, 0.2) is 0 Å². The summed E-state index contributed by atoms with van der Waals surface area (Å²) in [4.78, 5) is 6.56. The van der Waals surface area contributed by atoms with Crippen molar-refractivity contribution in [3.63, 3.8) is 0 Å². The quantitative estimate of drug-likeness (QED) is 0.781. The lowest BCUT2D eigenvalue weighted by atomic mass is 10.1. The molecule has 0 amide bonds. The number of ether oxygens (including phenoxy) is 1. The first kappa shape index (κ1) is 12.3. The van der Waals surface area contributed by atoms with E-state index in [4.69, 9.17) is 10.5 Å². The first-order chi connectivity index (χ1) is 8.26. The van der Waals surface area contributed by atoms with E-state index in [9.17, 15) is 5.11 Å². The number of aliphatic hydroxyl groups excluding tert-OH is 1. The highest BCUT2D eigenvalue weighted by Gasteiger charge is 2.27. The summed E-state index contributed by atoms with van der Waals surface area (Å²) in [5.74, 6) is 0.907. The van der Waals surface area contributed by atoms with Gasteiger partial charge in [-0.05, 0) is 13.0 Å². The van der Waals surface area contributed by atoms with Crippen molar-refractivity contribution >= 4 is 5.82 Å². The van der Waals surface area contributed by atoms with E-state index in [0.717, 1.165) is 11.4 Å². The highest BCUT2D eigenvalue weighted by atomic mass is 16.5. The van der Waals surface area contributed by atoms with Crippen molar-refractivity contribution in [2.45, 2.75) is 25.6 Å². The fourth-order valence-electron chi connectivity index (χ4n) is 2.07. The molecule has 2 unspecified atom stereocenters. The molecule has 0 spiro atoms. The lowest BCUT2D eigenvalue weighted by molar-refractivity contribution is -0.0106. The number of pyridine rings is 1. The largest absolute Gasteiger partial charge is 0.394 e. The summed E-state index contributed by atoms with van der Waals surface area (Å²) in [5.41, 5.74) is 6.75. The molecule has 1 saturated heterocycles. The van der Waals surface area contributed by atoms with Crippen LogP contribution in [0.5, 0.6) is 0 Å². The maximum Gasteiger partial charge on any atom is 0.133 e. The van der Waals surface area contributed by atoms with Crippen LogP contribution in [-0.2, 0) is 11.3 Å². The first-order valence-corrected chi connectivity index (χ1v) is 5.89. The van der Waals surface area contributed by atoms with Crippen molar-refractivity contribution in [2.75, 3.05) is 24.7 Å². The van der Waals surface area contributed by atoms with Crippen molar-refractivity contribution in [1.82, 2.24) is 4.98 Å². The highest BCUT2D eigenvalue weighted by molar-refractivity contribution is 5.48. The number of aliphatic hydroxyl groups is 1. The molecular formula is C12H19N3O2. The molecule has 0 aromatic carbocycles. The van der Waals surface area contributed by atoms with E-state index in [-0.39, 0.29) is 18.8 Å². The van der Waals surface area contributed by atoms with Gasteiger partial charge in [-0.1, -0.05) is 6.07 Å². The molecule has 2 rings (SSSR count). The molecule has 3 N–H and O–H groups in total. The average Bonchev–Trinajstić information content (AvgIpc) is 2.39. The summed E-state index contributed by atoms with van der Waals surface area (Å²) in [7, 11) is 0. The molecule has 94 valence electrons. The topological polar surface area (TPSA) is 71.6 Å². The van der Waals surface area contributed by atoms with Gasteiger partial charge in [0.2, 0.25) is 0 Å². The summed E-state index contributed by atoms with van der Waals surface area (Å²) >= 11 is 0. The van der Waals surface area contributed by atoms with E-state index >= 15 is 0 Å². The molecule has 17 heavy (non-hydrogen) atoms. The standard InChI is InChI=1S/C12H19N3O2/c1-9-8-17-11(7-16)6-15(9)12-10(5-13)3-2-4-14-12/h2-4,9,11,16H,5-8,13H2,1H3. The number of nitrogens with two attached hydrogens (primary N) is 1. The van der Waals surface area contributed by atoms with Gasteiger partial charge in [0, 0.05) is 24.8 Å². The zero-order valence-corrected chi connectivity index (χ0v) is 10.0. The van der Waals surface area contributed by atoms with Crippen molar-refractivity contribution in [1.29, 1.82) is 0 Å². The Kier molecular flexibility index (Phi) is 3.93. The molecule has 0 aliphatic carbocycles. The molecule has 5 nitrogen and oxygen atoms in total. The molecule has 0 radical (unpaired) electrons. The van der Waals surface area contributed by atoms with Crippen molar-refractivity contribution in [2.24, 2.45) is 5.73 Å². The van der Waals surface area contributed by atoms with Crippen LogP contribution in [-0.4, -0.2) is 42.0 Å². The van der Waals surface area contributed by atoms with Crippen LogP contribution in [0.15, 0.2) is 18.3 Å². The second kappa shape index (κ2) is 5.44. The van der Waals surface area contributed by atoms with Crippen LogP contribution in [0, 0.1) is 0 Å². The Morgan fingerprint density at radius 3 is 3.18 bits per heavy atom. The van der Waals surface area contributed by atoms with Gasteiger partial charge in [-0.15, -0.1) is 0 Å². The summed E-state index contributed by atoms with van der Waals surface area (Å²) < 4.78 is 5.51. The van der Waals surface area contributed by atoms with Gasteiger partial charge in [-0.25, -0.2) is 4.98 Å². The molecule has 1 aromatic rings. The Morgan fingerprint density at radius 2 is 2.47 bits per heavy atom.